The van der Waals surface area contributed by atoms with E-state index in [1.807, 2.05) is 24.3 Å². The minimum absolute atomic E-state index is 0.580. The topological polar surface area (TPSA) is 58.6 Å². The van der Waals surface area contributed by atoms with Gasteiger partial charge in [-0.15, -0.1) is 0 Å². The van der Waals surface area contributed by atoms with Crippen molar-refractivity contribution < 1.29 is 14.6 Å². The van der Waals surface area contributed by atoms with Crippen LogP contribution in [0.2, 0.25) is 0 Å². The Hall–Kier alpha value is -2.49. The summed E-state index contributed by atoms with van der Waals surface area (Å²) in [4.78, 5) is 10.5. The number of rotatable bonds is 7. The van der Waals surface area contributed by atoms with Crippen LogP contribution in [0.4, 0.5) is 10.5 Å². The number of unbranched alkanes of at least 4 members (excludes halogenated alkanes) is 1. The number of anilines is 1. The Balaban J connectivity index is 1.91. The summed E-state index contributed by atoms with van der Waals surface area (Å²) in [5.74, 6) is 0.901. The predicted molar refractivity (Wildman–Crippen MR) is 87.7 cm³/mol. The van der Waals surface area contributed by atoms with Crippen LogP contribution in [0, 0.1) is 0 Å². The van der Waals surface area contributed by atoms with Gasteiger partial charge in [-0.2, -0.15) is 0 Å². The molecule has 0 aromatic heterocycles. The Kier molecular flexibility index (Phi) is 5.83. The van der Waals surface area contributed by atoms with Crippen LogP contribution in [0.5, 0.6) is 5.75 Å². The lowest BCUT2D eigenvalue weighted by Crippen LogP contribution is -2.06. The summed E-state index contributed by atoms with van der Waals surface area (Å²) in [6, 6.07) is 15.5. The van der Waals surface area contributed by atoms with Gasteiger partial charge in [-0.25, -0.2) is 4.79 Å². The van der Waals surface area contributed by atoms with E-state index in [4.69, 9.17) is 9.84 Å². The van der Waals surface area contributed by atoms with Gasteiger partial charge in [-0.05, 0) is 48.2 Å². The lowest BCUT2D eigenvalue weighted by molar-refractivity contribution is 0.210. The van der Waals surface area contributed by atoms with E-state index in [2.05, 4.69) is 24.4 Å². The van der Waals surface area contributed by atoms with Crippen LogP contribution in [-0.4, -0.2) is 17.8 Å². The highest BCUT2D eigenvalue weighted by molar-refractivity contribution is 5.82. The maximum absolute atomic E-state index is 10.5. The molecule has 0 radical (unpaired) electrons. The molecule has 0 spiro atoms. The maximum atomic E-state index is 10.5. The summed E-state index contributed by atoms with van der Waals surface area (Å²) in [7, 11) is 0. The summed E-state index contributed by atoms with van der Waals surface area (Å²) in [5.41, 5.74) is 2.91. The molecule has 2 N–H and O–H groups in total. The molecule has 22 heavy (non-hydrogen) atoms. The van der Waals surface area contributed by atoms with Gasteiger partial charge < -0.3 is 9.84 Å². The highest BCUT2D eigenvalue weighted by atomic mass is 16.5. The Morgan fingerprint density at radius 2 is 1.64 bits per heavy atom. The van der Waals surface area contributed by atoms with Crippen LogP contribution < -0.4 is 10.1 Å². The van der Waals surface area contributed by atoms with Gasteiger partial charge in [-0.3, -0.25) is 5.32 Å². The number of nitrogens with one attached hydrogen (secondary N) is 1. The van der Waals surface area contributed by atoms with Gasteiger partial charge in [0.2, 0.25) is 0 Å². The van der Waals surface area contributed by atoms with Gasteiger partial charge in [-0.1, -0.05) is 37.6 Å². The van der Waals surface area contributed by atoms with E-state index in [9.17, 15) is 4.79 Å². The third-order valence-electron chi connectivity index (χ3n) is 3.30. The number of hydrogen-bond donors (Lipinski definition) is 2. The van der Waals surface area contributed by atoms with E-state index >= 15 is 0 Å². The summed E-state index contributed by atoms with van der Waals surface area (Å²) < 4.78 is 5.64. The van der Waals surface area contributed by atoms with E-state index in [-0.39, 0.29) is 0 Å². The molecule has 0 unspecified atom stereocenters. The van der Waals surface area contributed by atoms with Crippen molar-refractivity contribution in [2.45, 2.75) is 26.2 Å². The molecule has 0 bridgehead atoms. The zero-order valence-electron chi connectivity index (χ0n) is 12.7. The first-order valence-corrected chi connectivity index (χ1v) is 7.48. The number of hydrogen-bond acceptors (Lipinski definition) is 2. The fraction of sp³-hybridized carbons (Fsp3) is 0.278. The van der Waals surface area contributed by atoms with Crippen LogP contribution in [0.1, 0.15) is 30.9 Å². The van der Waals surface area contributed by atoms with Gasteiger partial charge in [0.05, 0.1) is 6.61 Å². The largest absolute Gasteiger partial charge is 0.494 e. The third-order valence-corrected chi connectivity index (χ3v) is 3.30. The van der Waals surface area contributed by atoms with Crippen LogP contribution >= 0.6 is 0 Å². The molecule has 2 aromatic carbocycles. The fourth-order valence-corrected chi connectivity index (χ4v) is 2.10. The van der Waals surface area contributed by atoms with Crippen LogP contribution in [0.15, 0.2) is 48.5 Å². The molecule has 4 heteroatoms. The molecule has 0 aliphatic rings. The Morgan fingerprint density at radius 3 is 2.18 bits per heavy atom. The highest BCUT2D eigenvalue weighted by Crippen LogP contribution is 2.17. The Bertz CT molecular complexity index is 591. The van der Waals surface area contributed by atoms with E-state index < -0.39 is 6.09 Å². The zero-order chi connectivity index (χ0) is 15.8. The molecule has 0 aliphatic carbocycles. The SMILES string of the molecule is CCCCOc1ccc(Cc2ccc(NC(=O)O)cc2)cc1. The van der Waals surface area contributed by atoms with Gasteiger partial charge in [0.25, 0.3) is 0 Å². The molecule has 0 atom stereocenters. The van der Waals surface area contributed by atoms with E-state index in [1.165, 1.54) is 5.56 Å². The number of carboxylic acid groups (broad SMARTS) is 1. The molecule has 0 aliphatic heterocycles. The molecular formula is C18H21NO3. The van der Waals surface area contributed by atoms with Crippen molar-refractivity contribution in [2.75, 3.05) is 11.9 Å². The maximum Gasteiger partial charge on any atom is 0.409 e. The highest BCUT2D eigenvalue weighted by Gasteiger charge is 2.00. The number of amides is 1. The smallest absolute Gasteiger partial charge is 0.409 e. The summed E-state index contributed by atoms with van der Waals surface area (Å²) in [5, 5.41) is 11.0. The monoisotopic (exact) mass is 299 g/mol. The summed E-state index contributed by atoms with van der Waals surface area (Å²) in [6.07, 6.45) is 1.96. The molecule has 2 aromatic rings. The van der Waals surface area contributed by atoms with Crippen molar-refractivity contribution in [3.8, 4) is 5.75 Å². The minimum Gasteiger partial charge on any atom is -0.494 e. The van der Waals surface area contributed by atoms with Crippen molar-refractivity contribution in [1.82, 2.24) is 0 Å². The lowest BCUT2D eigenvalue weighted by atomic mass is 10.0. The molecule has 0 saturated heterocycles. The second kappa shape index (κ2) is 8.08. The molecule has 0 fully saturated rings. The average Bonchev–Trinajstić information content (AvgIpc) is 2.51. The normalized spacial score (nSPS) is 10.2. The summed E-state index contributed by atoms with van der Waals surface area (Å²) >= 11 is 0. The van der Waals surface area contributed by atoms with Crippen molar-refractivity contribution >= 4 is 11.8 Å². The van der Waals surface area contributed by atoms with Gasteiger partial charge in [0.1, 0.15) is 5.75 Å². The first kappa shape index (κ1) is 15.9. The molecule has 0 saturated carbocycles. The van der Waals surface area contributed by atoms with Crippen LogP contribution in [0.25, 0.3) is 0 Å². The van der Waals surface area contributed by atoms with Crippen molar-refractivity contribution in [3.05, 3.63) is 59.7 Å². The van der Waals surface area contributed by atoms with Crippen LogP contribution in [-0.2, 0) is 6.42 Å². The number of carbonyl (C=O) groups is 1. The quantitative estimate of drug-likeness (QED) is 0.738. The van der Waals surface area contributed by atoms with E-state index in [0.717, 1.165) is 37.2 Å². The second-order valence-electron chi connectivity index (χ2n) is 5.15. The molecule has 116 valence electrons. The first-order valence-electron chi connectivity index (χ1n) is 7.48. The predicted octanol–water partition coefficient (Wildman–Crippen LogP) is 4.55. The fourth-order valence-electron chi connectivity index (χ4n) is 2.10. The van der Waals surface area contributed by atoms with Crippen molar-refractivity contribution in [2.24, 2.45) is 0 Å². The molecule has 2 rings (SSSR count). The standard InChI is InChI=1S/C18H21NO3/c1-2-3-12-22-17-10-6-15(7-11-17)13-14-4-8-16(9-5-14)19-18(20)21/h4-11,19H,2-3,12-13H2,1H3,(H,20,21). The molecule has 4 nitrogen and oxygen atoms in total. The van der Waals surface area contributed by atoms with Crippen molar-refractivity contribution in [3.63, 3.8) is 0 Å². The van der Waals surface area contributed by atoms with Gasteiger partial charge in [0.15, 0.2) is 0 Å². The molecular weight excluding hydrogens is 278 g/mol. The number of benzene rings is 2. The summed E-state index contributed by atoms with van der Waals surface area (Å²) in [6.45, 7) is 2.90. The minimum atomic E-state index is -1.05. The van der Waals surface area contributed by atoms with Gasteiger partial charge in [0, 0.05) is 5.69 Å². The zero-order valence-corrected chi connectivity index (χ0v) is 12.7. The van der Waals surface area contributed by atoms with Crippen molar-refractivity contribution in [1.29, 1.82) is 0 Å². The van der Waals surface area contributed by atoms with E-state index in [1.54, 1.807) is 12.1 Å². The Morgan fingerprint density at radius 1 is 1.05 bits per heavy atom. The molecule has 1 amide bonds. The van der Waals surface area contributed by atoms with Crippen LogP contribution in [0.3, 0.4) is 0 Å². The molecule has 0 heterocycles. The first-order chi connectivity index (χ1) is 10.7. The third kappa shape index (κ3) is 5.13. The average molecular weight is 299 g/mol. The van der Waals surface area contributed by atoms with Gasteiger partial charge >= 0.3 is 6.09 Å². The van der Waals surface area contributed by atoms with E-state index in [0.29, 0.717) is 5.69 Å². The Labute approximate surface area is 130 Å². The number of ether oxygens (including phenoxy) is 1. The lowest BCUT2D eigenvalue weighted by Gasteiger charge is -2.07. The second-order valence-corrected chi connectivity index (χ2v) is 5.15.